The summed E-state index contributed by atoms with van der Waals surface area (Å²) < 4.78 is 27.0. The van der Waals surface area contributed by atoms with E-state index >= 15 is 0 Å². The van der Waals surface area contributed by atoms with Crippen molar-refractivity contribution in [3.8, 4) is 0 Å². The number of hydrogen-bond donors (Lipinski definition) is 2. The molecule has 0 bridgehead atoms. The molecule has 1 aromatic rings. The van der Waals surface area contributed by atoms with Crippen LogP contribution in [0.1, 0.15) is 32.6 Å². The molecule has 2 N–H and O–H groups in total. The summed E-state index contributed by atoms with van der Waals surface area (Å²) in [7, 11) is -3.62. The first-order valence-electron chi connectivity index (χ1n) is 6.29. The van der Waals surface area contributed by atoms with Gasteiger partial charge in [0.2, 0.25) is 10.0 Å². The molecule has 1 aliphatic carbocycles. The Morgan fingerprint density at radius 3 is 2.53 bits per heavy atom. The zero-order valence-corrected chi connectivity index (χ0v) is 12.2. The third kappa shape index (κ3) is 3.58. The first kappa shape index (κ1) is 14.6. The van der Waals surface area contributed by atoms with Crippen LogP contribution in [0.25, 0.3) is 0 Å². The Balaban J connectivity index is 2.14. The molecule has 0 atom stereocenters. The van der Waals surface area contributed by atoms with Gasteiger partial charge in [0.25, 0.3) is 5.56 Å². The predicted molar refractivity (Wildman–Crippen MR) is 73.8 cm³/mol. The van der Waals surface area contributed by atoms with Gasteiger partial charge < -0.3 is 4.98 Å². The lowest BCUT2D eigenvalue weighted by Gasteiger charge is -2.26. The second kappa shape index (κ2) is 5.64. The molecule has 1 saturated carbocycles. The Hall–Kier alpha value is -0.850. The summed E-state index contributed by atoms with van der Waals surface area (Å²) in [5, 5.41) is -0.125. The molecule has 19 heavy (non-hydrogen) atoms. The summed E-state index contributed by atoms with van der Waals surface area (Å²) in [4.78, 5) is 13.4. The van der Waals surface area contributed by atoms with Gasteiger partial charge in [-0.25, -0.2) is 13.1 Å². The lowest BCUT2D eigenvalue weighted by atomic mass is 9.88. The van der Waals surface area contributed by atoms with Gasteiger partial charge in [-0.05, 0) is 37.7 Å². The fourth-order valence-corrected chi connectivity index (χ4v) is 3.79. The molecule has 1 aliphatic rings. The molecule has 0 saturated heterocycles. The minimum Gasteiger partial charge on any atom is -0.326 e. The zero-order chi connectivity index (χ0) is 14.0. The molecular formula is C12H17ClN2O3S. The van der Waals surface area contributed by atoms with E-state index in [0.717, 1.165) is 25.7 Å². The molecule has 0 amide bonds. The van der Waals surface area contributed by atoms with Gasteiger partial charge in [0, 0.05) is 12.2 Å². The van der Waals surface area contributed by atoms with Crippen molar-refractivity contribution >= 4 is 21.6 Å². The highest BCUT2D eigenvalue weighted by Gasteiger charge is 2.24. The predicted octanol–water partition coefficient (Wildman–Crippen LogP) is 1.89. The SMILES string of the molecule is CC1CCC(NS(=O)(=O)c2c[nH]c(=O)c(Cl)c2)CC1. The number of sulfonamides is 1. The maximum atomic E-state index is 12.2. The first-order chi connectivity index (χ1) is 8.88. The molecule has 0 radical (unpaired) electrons. The second-order valence-electron chi connectivity index (χ2n) is 5.09. The number of aromatic nitrogens is 1. The van der Waals surface area contributed by atoms with Crippen molar-refractivity contribution in [3.05, 3.63) is 27.6 Å². The molecule has 0 unspecified atom stereocenters. The summed E-state index contributed by atoms with van der Waals surface area (Å²) in [6.07, 6.45) is 4.91. The van der Waals surface area contributed by atoms with Gasteiger partial charge in [-0.2, -0.15) is 0 Å². The Morgan fingerprint density at radius 2 is 1.95 bits per heavy atom. The van der Waals surface area contributed by atoms with Crippen molar-refractivity contribution in [2.75, 3.05) is 0 Å². The maximum absolute atomic E-state index is 12.2. The monoisotopic (exact) mass is 304 g/mol. The standard InChI is InChI=1S/C12H17ClN2O3S/c1-8-2-4-9(5-3-8)15-19(17,18)10-6-11(13)12(16)14-7-10/h6-9,15H,2-5H2,1H3,(H,14,16). The van der Waals surface area contributed by atoms with Crippen molar-refractivity contribution in [1.29, 1.82) is 0 Å². The van der Waals surface area contributed by atoms with Crippen LogP contribution in [-0.4, -0.2) is 19.4 Å². The van der Waals surface area contributed by atoms with E-state index in [9.17, 15) is 13.2 Å². The van der Waals surface area contributed by atoms with Gasteiger partial charge >= 0.3 is 0 Å². The summed E-state index contributed by atoms with van der Waals surface area (Å²) in [5.74, 6) is 0.656. The second-order valence-corrected chi connectivity index (χ2v) is 7.21. The molecule has 0 aliphatic heterocycles. The molecule has 106 valence electrons. The topological polar surface area (TPSA) is 79.0 Å². The van der Waals surface area contributed by atoms with E-state index < -0.39 is 15.6 Å². The molecule has 7 heteroatoms. The number of hydrogen-bond acceptors (Lipinski definition) is 3. The molecule has 1 aromatic heterocycles. The number of rotatable bonds is 3. The third-order valence-corrected chi connectivity index (χ3v) is 5.26. The van der Waals surface area contributed by atoms with Crippen LogP contribution < -0.4 is 10.3 Å². The zero-order valence-electron chi connectivity index (χ0n) is 10.6. The lowest BCUT2D eigenvalue weighted by Crippen LogP contribution is -2.37. The van der Waals surface area contributed by atoms with E-state index in [0.29, 0.717) is 5.92 Å². The number of pyridine rings is 1. The highest BCUT2D eigenvalue weighted by atomic mass is 35.5. The van der Waals surface area contributed by atoms with Crippen LogP contribution >= 0.6 is 11.6 Å². The van der Waals surface area contributed by atoms with Crippen LogP contribution in [0.15, 0.2) is 22.0 Å². The number of nitrogens with one attached hydrogen (secondary N) is 2. The molecular weight excluding hydrogens is 288 g/mol. The van der Waals surface area contributed by atoms with Gasteiger partial charge in [-0.3, -0.25) is 4.79 Å². The average Bonchev–Trinajstić information content (AvgIpc) is 2.35. The molecule has 2 rings (SSSR count). The average molecular weight is 305 g/mol. The van der Waals surface area contributed by atoms with E-state index in [1.54, 1.807) is 0 Å². The Morgan fingerprint density at radius 1 is 1.32 bits per heavy atom. The van der Waals surface area contributed by atoms with Crippen molar-refractivity contribution in [3.63, 3.8) is 0 Å². The summed E-state index contributed by atoms with van der Waals surface area (Å²) in [5.41, 5.74) is -0.493. The first-order valence-corrected chi connectivity index (χ1v) is 8.15. The highest BCUT2D eigenvalue weighted by Crippen LogP contribution is 2.24. The number of H-pyrrole nitrogens is 1. The van der Waals surface area contributed by atoms with Crippen LogP contribution in [0.3, 0.4) is 0 Å². The lowest BCUT2D eigenvalue weighted by molar-refractivity contribution is 0.332. The van der Waals surface area contributed by atoms with E-state index in [-0.39, 0.29) is 16.0 Å². The van der Waals surface area contributed by atoms with Crippen LogP contribution in [0.4, 0.5) is 0 Å². The Bertz CT molecular complexity index is 604. The molecule has 5 nitrogen and oxygen atoms in total. The Labute approximate surface area is 117 Å². The van der Waals surface area contributed by atoms with Crippen molar-refractivity contribution in [1.82, 2.24) is 9.71 Å². The fraction of sp³-hybridized carbons (Fsp3) is 0.583. The van der Waals surface area contributed by atoms with Gasteiger partial charge in [0.15, 0.2) is 0 Å². The van der Waals surface area contributed by atoms with E-state index in [1.807, 2.05) is 0 Å². The van der Waals surface area contributed by atoms with Crippen molar-refractivity contribution in [2.45, 2.75) is 43.5 Å². The van der Waals surface area contributed by atoms with E-state index in [2.05, 4.69) is 16.6 Å². The molecule has 0 spiro atoms. The molecule has 0 aromatic carbocycles. The number of halogens is 1. The minimum atomic E-state index is -3.62. The smallest absolute Gasteiger partial charge is 0.266 e. The largest absolute Gasteiger partial charge is 0.326 e. The maximum Gasteiger partial charge on any atom is 0.266 e. The molecule has 1 fully saturated rings. The summed E-state index contributed by atoms with van der Waals surface area (Å²) >= 11 is 5.65. The summed E-state index contributed by atoms with van der Waals surface area (Å²) in [6, 6.07) is 1.14. The normalized spacial score (nSPS) is 24.3. The summed E-state index contributed by atoms with van der Waals surface area (Å²) in [6.45, 7) is 2.17. The van der Waals surface area contributed by atoms with E-state index in [4.69, 9.17) is 11.6 Å². The van der Waals surface area contributed by atoms with Crippen molar-refractivity contribution < 1.29 is 8.42 Å². The Kier molecular flexibility index (Phi) is 4.32. The highest BCUT2D eigenvalue weighted by molar-refractivity contribution is 7.89. The third-order valence-electron chi connectivity index (χ3n) is 3.48. The van der Waals surface area contributed by atoms with Gasteiger partial charge in [0.1, 0.15) is 5.02 Å². The minimum absolute atomic E-state index is 0.00396. The van der Waals surface area contributed by atoms with Crippen molar-refractivity contribution in [2.24, 2.45) is 5.92 Å². The molecule has 1 heterocycles. The van der Waals surface area contributed by atoms with Gasteiger partial charge in [0.05, 0.1) is 4.90 Å². The van der Waals surface area contributed by atoms with Crippen LogP contribution in [0.5, 0.6) is 0 Å². The fourth-order valence-electron chi connectivity index (χ4n) is 2.26. The van der Waals surface area contributed by atoms with Crippen LogP contribution in [0, 0.1) is 5.92 Å². The van der Waals surface area contributed by atoms with Crippen LogP contribution in [0.2, 0.25) is 5.02 Å². The van der Waals surface area contributed by atoms with E-state index in [1.165, 1.54) is 12.3 Å². The van der Waals surface area contributed by atoms with Gasteiger partial charge in [-0.1, -0.05) is 18.5 Å². The van der Waals surface area contributed by atoms with Gasteiger partial charge in [-0.15, -0.1) is 0 Å². The number of aromatic amines is 1. The quantitative estimate of drug-likeness (QED) is 0.895. The van der Waals surface area contributed by atoms with Crippen LogP contribution in [-0.2, 0) is 10.0 Å².